The maximum Gasteiger partial charge on any atom is 0.226 e. The molecule has 0 saturated heterocycles. The topological polar surface area (TPSA) is 63.1 Å². The minimum absolute atomic E-state index is 0.0401. The molecule has 0 amide bonds. The van der Waals surface area contributed by atoms with Gasteiger partial charge in [-0.15, -0.1) is 5.10 Å². The Kier molecular flexibility index (Phi) is 5.25. The molecule has 1 atom stereocenters. The van der Waals surface area contributed by atoms with Gasteiger partial charge >= 0.3 is 0 Å². The summed E-state index contributed by atoms with van der Waals surface area (Å²) in [6, 6.07) is 14.1. The third-order valence-corrected chi connectivity index (χ3v) is 6.32. The summed E-state index contributed by atoms with van der Waals surface area (Å²) in [4.78, 5) is 19.9. The summed E-state index contributed by atoms with van der Waals surface area (Å²) in [5.41, 5.74) is 3.89. The van der Waals surface area contributed by atoms with Gasteiger partial charge < -0.3 is 10.2 Å². The van der Waals surface area contributed by atoms with Crippen LogP contribution in [-0.4, -0.2) is 33.6 Å². The maximum atomic E-state index is 14.9. The van der Waals surface area contributed by atoms with Crippen molar-refractivity contribution in [2.45, 2.75) is 39.2 Å². The largest absolute Gasteiger partial charge is 0.372 e. The molecule has 0 radical (unpaired) electrons. The van der Waals surface area contributed by atoms with Gasteiger partial charge in [-0.25, -0.2) is 9.07 Å². The monoisotopic (exact) mass is 431 g/mol. The lowest BCUT2D eigenvalue weighted by atomic mass is 9.85. The van der Waals surface area contributed by atoms with Gasteiger partial charge in [0.1, 0.15) is 11.9 Å². The van der Waals surface area contributed by atoms with Crippen molar-refractivity contribution in [1.29, 1.82) is 0 Å². The van der Waals surface area contributed by atoms with E-state index in [1.165, 1.54) is 6.07 Å². The second-order valence-corrected chi connectivity index (χ2v) is 8.14. The predicted molar refractivity (Wildman–Crippen MR) is 123 cm³/mol. The number of hydrogen-bond acceptors (Lipinski definition) is 5. The van der Waals surface area contributed by atoms with Gasteiger partial charge in [0.15, 0.2) is 11.6 Å². The number of nitrogens with zero attached hydrogens (tertiary/aromatic N) is 4. The first kappa shape index (κ1) is 20.4. The van der Waals surface area contributed by atoms with E-state index in [9.17, 15) is 9.18 Å². The van der Waals surface area contributed by atoms with Crippen LogP contribution in [0.1, 0.15) is 44.7 Å². The van der Waals surface area contributed by atoms with Crippen LogP contribution in [0.15, 0.2) is 59.8 Å². The second kappa shape index (κ2) is 8.22. The second-order valence-electron chi connectivity index (χ2n) is 8.14. The van der Waals surface area contributed by atoms with Gasteiger partial charge in [0.2, 0.25) is 5.95 Å². The van der Waals surface area contributed by atoms with Crippen molar-refractivity contribution >= 4 is 17.4 Å². The summed E-state index contributed by atoms with van der Waals surface area (Å²) in [5, 5.41) is 8.04. The smallest absolute Gasteiger partial charge is 0.226 e. The Bertz CT molecular complexity index is 1190. The molecule has 32 heavy (non-hydrogen) atoms. The first-order valence-corrected chi connectivity index (χ1v) is 11.2. The van der Waals surface area contributed by atoms with Gasteiger partial charge in [-0.2, -0.15) is 4.98 Å². The fourth-order valence-corrected chi connectivity index (χ4v) is 4.67. The number of ketones is 1. The molecule has 2 heterocycles. The molecule has 1 aliphatic heterocycles. The van der Waals surface area contributed by atoms with Gasteiger partial charge in [0.05, 0.1) is 0 Å². The molecular weight excluding hydrogens is 405 g/mol. The highest BCUT2D eigenvalue weighted by Crippen LogP contribution is 2.41. The number of allylic oxidation sites excluding steroid dienone is 2. The van der Waals surface area contributed by atoms with Gasteiger partial charge in [0, 0.05) is 47.6 Å². The van der Waals surface area contributed by atoms with Crippen LogP contribution in [-0.2, 0) is 4.79 Å². The van der Waals surface area contributed by atoms with E-state index in [1.54, 1.807) is 22.9 Å². The molecule has 1 aromatic heterocycles. The fraction of sp³-hybridized carbons (Fsp3) is 0.320. The number of Topliss-reactive ketones (excluding diaryl/α,β-unsaturated/α-hetero) is 1. The summed E-state index contributed by atoms with van der Waals surface area (Å²) < 4.78 is 16.5. The lowest BCUT2D eigenvalue weighted by Crippen LogP contribution is -2.32. The number of halogens is 1. The van der Waals surface area contributed by atoms with Gasteiger partial charge in [0.25, 0.3) is 0 Å². The SMILES string of the molecule is CCN(CC)c1ccc(-c2nc3n(n2)C(c2ccccc2F)C2=C(CCCC2=O)N3)cc1. The molecule has 1 unspecified atom stereocenters. The van der Waals surface area contributed by atoms with E-state index in [2.05, 4.69) is 36.2 Å². The number of carbonyl (C=O) groups excluding carboxylic acids is 1. The van der Waals surface area contributed by atoms with Crippen LogP contribution in [0, 0.1) is 5.82 Å². The molecule has 0 fully saturated rings. The molecule has 1 aliphatic carbocycles. The highest BCUT2D eigenvalue weighted by molar-refractivity contribution is 5.99. The molecule has 0 saturated carbocycles. The normalized spacial score (nSPS) is 17.6. The minimum atomic E-state index is -0.619. The van der Waals surface area contributed by atoms with Crippen molar-refractivity contribution in [1.82, 2.24) is 14.8 Å². The number of hydrogen-bond donors (Lipinski definition) is 1. The summed E-state index contributed by atoms with van der Waals surface area (Å²) in [7, 11) is 0. The minimum Gasteiger partial charge on any atom is -0.372 e. The van der Waals surface area contributed by atoms with Crippen molar-refractivity contribution in [3.63, 3.8) is 0 Å². The average Bonchev–Trinajstić information content (AvgIpc) is 3.23. The standard InChI is InChI=1S/C25H26FN5O/c1-3-30(4-2)17-14-12-16(13-15-17)24-28-25-27-20-10-7-11-21(32)22(20)23(31(25)29-24)18-8-5-6-9-19(18)26/h5-6,8-9,12-15,23H,3-4,7,10-11H2,1-2H3,(H,27,28,29). The Labute approximate surface area is 186 Å². The average molecular weight is 432 g/mol. The van der Waals surface area contributed by atoms with Gasteiger partial charge in [-0.1, -0.05) is 18.2 Å². The number of fused-ring (bicyclic) bond motifs is 1. The number of anilines is 2. The van der Waals surface area contributed by atoms with Gasteiger partial charge in [-0.3, -0.25) is 4.79 Å². The van der Waals surface area contributed by atoms with Crippen LogP contribution in [0.25, 0.3) is 11.4 Å². The van der Waals surface area contributed by atoms with Crippen LogP contribution in [0.5, 0.6) is 0 Å². The van der Waals surface area contributed by atoms with Crippen molar-refractivity contribution in [3.05, 3.63) is 71.2 Å². The number of aromatic nitrogens is 3. The van der Waals surface area contributed by atoms with Gasteiger partial charge in [-0.05, 0) is 57.0 Å². The number of rotatable bonds is 5. The highest BCUT2D eigenvalue weighted by Gasteiger charge is 2.38. The van der Waals surface area contributed by atoms with Crippen LogP contribution < -0.4 is 10.2 Å². The molecule has 2 aromatic carbocycles. The third-order valence-electron chi connectivity index (χ3n) is 6.32. The Balaban J connectivity index is 1.59. The van der Waals surface area contributed by atoms with Crippen molar-refractivity contribution in [3.8, 4) is 11.4 Å². The fourth-order valence-electron chi connectivity index (χ4n) is 4.67. The van der Waals surface area contributed by atoms with E-state index < -0.39 is 6.04 Å². The van der Waals surface area contributed by atoms with Crippen molar-refractivity contribution in [2.24, 2.45) is 0 Å². The van der Waals surface area contributed by atoms with E-state index >= 15 is 0 Å². The molecule has 6 nitrogen and oxygen atoms in total. The lowest BCUT2D eigenvalue weighted by molar-refractivity contribution is -0.116. The Hall–Kier alpha value is -3.48. The Morgan fingerprint density at radius 2 is 1.84 bits per heavy atom. The quantitative estimate of drug-likeness (QED) is 0.619. The van der Waals surface area contributed by atoms with Crippen LogP contribution in [0.4, 0.5) is 16.0 Å². The molecule has 2 aliphatic rings. The maximum absolute atomic E-state index is 14.9. The van der Waals surface area contributed by atoms with Crippen LogP contribution >= 0.6 is 0 Å². The Morgan fingerprint density at radius 1 is 1.09 bits per heavy atom. The third kappa shape index (κ3) is 3.38. The van der Waals surface area contributed by atoms with Crippen LogP contribution in [0.2, 0.25) is 0 Å². The summed E-state index contributed by atoms with van der Waals surface area (Å²) >= 11 is 0. The van der Waals surface area contributed by atoms with Crippen LogP contribution in [0.3, 0.4) is 0 Å². The first-order valence-electron chi connectivity index (χ1n) is 11.2. The lowest BCUT2D eigenvalue weighted by Gasteiger charge is -2.32. The number of benzene rings is 2. The zero-order valence-corrected chi connectivity index (χ0v) is 18.3. The molecular formula is C25H26FN5O. The molecule has 1 N–H and O–H groups in total. The zero-order valence-electron chi connectivity index (χ0n) is 18.3. The molecule has 0 bridgehead atoms. The van der Waals surface area contributed by atoms with E-state index in [0.717, 1.165) is 42.9 Å². The molecule has 0 spiro atoms. The molecule has 5 rings (SSSR count). The van der Waals surface area contributed by atoms with E-state index in [1.807, 2.05) is 12.1 Å². The van der Waals surface area contributed by atoms with E-state index in [-0.39, 0.29) is 11.6 Å². The van der Waals surface area contributed by atoms with E-state index in [4.69, 9.17) is 10.1 Å². The summed E-state index contributed by atoms with van der Waals surface area (Å²) in [6.07, 6.45) is 1.99. The van der Waals surface area contributed by atoms with E-state index in [0.29, 0.717) is 29.3 Å². The van der Waals surface area contributed by atoms with Crippen molar-refractivity contribution in [2.75, 3.05) is 23.3 Å². The number of carbonyl (C=O) groups is 1. The predicted octanol–water partition coefficient (Wildman–Crippen LogP) is 4.95. The molecule has 164 valence electrons. The molecule has 7 heteroatoms. The Morgan fingerprint density at radius 3 is 2.56 bits per heavy atom. The summed E-state index contributed by atoms with van der Waals surface area (Å²) in [5.74, 6) is 0.774. The molecule has 3 aromatic rings. The highest BCUT2D eigenvalue weighted by atomic mass is 19.1. The zero-order chi connectivity index (χ0) is 22.2. The number of nitrogens with one attached hydrogen (secondary N) is 1. The van der Waals surface area contributed by atoms with Crippen molar-refractivity contribution < 1.29 is 9.18 Å². The first-order chi connectivity index (χ1) is 15.6. The summed E-state index contributed by atoms with van der Waals surface area (Å²) in [6.45, 7) is 6.14.